The Balaban J connectivity index is 1.46. The van der Waals surface area contributed by atoms with Gasteiger partial charge >= 0.3 is 0 Å². The van der Waals surface area contributed by atoms with Crippen LogP contribution in [0.25, 0.3) is 0 Å². The molecule has 1 heterocycles. The van der Waals surface area contributed by atoms with Gasteiger partial charge in [-0.3, -0.25) is 0 Å². The molecule has 5 N–H and O–H groups in total. The van der Waals surface area contributed by atoms with E-state index < -0.39 is 6.10 Å². The molecule has 128 valence electrons. The predicted molar refractivity (Wildman–Crippen MR) is 97.2 cm³/mol. The zero-order valence-corrected chi connectivity index (χ0v) is 13.7. The molecular formula is C19H25N3O2. The Kier molecular flexibility index (Phi) is 5.23. The largest absolute Gasteiger partial charge is 0.508 e. The number of hydrogen-bond acceptors (Lipinski definition) is 5. The number of nitrogens with two attached hydrogens (primary N) is 1. The molecule has 0 aliphatic carbocycles. The van der Waals surface area contributed by atoms with Crippen molar-refractivity contribution in [2.24, 2.45) is 0 Å². The highest BCUT2D eigenvalue weighted by molar-refractivity contribution is 5.53. The minimum atomic E-state index is -0.604. The number of rotatable bonds is 5. The van der Waals surface area contributed by atoms with Crippen molar-refractivity contribution in [2.45, 2.75) is 25.0 Å². The van der Waals surface area contributed by atoms with Gasteiger partial charge in [-0.2, -0.15) is 0 Å². The van der Waals surface area contributed by atoms with Crippen LogP contribution in [0, 0.1) is 0 Å². The average molecular weight is 327 g/mol. The first-order valence-electron chi connectivity index (χ1n) is 8.42. The van der Waals surface area contributed by atoms with Crippen molar-refractivity contribution in [2.75, 3.05) is 30.3 Å². The molecule has 0 aromatic heterocycles. The molecular weight excluding hydrogens is 302 g/mol. The number of nitrogen functional groups attached to an aromatic ring is 1. The minimum absolute atomic E-state index is 0.184. The third kappa shape index (κ3) is 4.19. The first kappa shape index (κ1) is 16.6. The Hall–Kier alpha value is -2.24. The first-order valence-corrected chi connectivity index (χ1v) is 8.42. The summed E-state index contributed by atoms with van der Waals surface area (Å²) in [5.74, 6) is 0.184. The average Bonchev–Trinajstić information content (AvgIpc) is 2.61. The Labute approximate surface area is 142 Å². The van der Waals surface area contributed by atoms with E-state index in [1.807, 2.05) is 18.2 Å². The smallest absolute Gasteiger partial charge is 0.115 e. The number of phenolic OH excluding ortho intramolecular Hbond substituents is 1. The van der Waals surface area contributed by atoms with Gasteiger partial charge in [0, 0.05) is 37.1 Å². The van der Waals surface area contributed by atoms with Crippen molar-refractivity contribution in [3.05, 3.63) is 54.1 Å². The van der Waals surface area contributed by atoms with Crippen LogP contribution in [0.1, 0.15) is 24.5 Å². The quantitative estimate of drug-likeness (QED) is 0.633. The molecule has 0 bridgehead atoms. The highest BCUT2D eigenvalue weighted by atomic mass is 16.3. The number of phenols is 1. The van der Waals surface area contributed by atoms with E-state index in [0.29, 0.717) is 12.6 Å². The summed E-state index contributed by atoms with van der Waals surface area (Å²) in [6, 6.07) is 15.2. The van der Waals surface area contributed by atoms with Crippen molar-refractivity contribution in [3.63, 3.8) is 0 Å². The maximum atomic E-state index is 10.2. The molecule has 1 atom stereocenters. The van der Waals surface area contributed by atoms with Crippen LogP contribution in [-0.2, 0) is 0 Å². The van der Waals surface area contributed by atoms with Gasteiger partial charge < -0.3 is 26.2 Å². The zero-order valence-electron chi connectivity index (χ0n) is 13.7. The van der Waals surface area contributed by atoms with E-state index in [1.54, 1.807) is 18.2 Å². The molecule has 3 rings (SSSR count). The monoisotopic (exact) mass is 327 g/mol. The second-order valence-electron chi connectivity index (χ2n) is 6.37. The molecule has 2 aromatic carbocycles. The lowest BCUT2D eigenvalue weighted by Gasteiger charge is -2.34. The van der Waals surface area contributed by atoms with Crippen molar-refractivity contribution in [3.8, 4) is 5.75 Å². The first-order chi connectivity index (χ1) is 11.6. The lowest BCUT2D eigenvalue weighted by Crippen LogP contribution is -2.43. The van der Waals surface area contributed by atoms with E-state index in [4.69, 9.17) is 5.73 Å². The van der Waals surface area contributed by atoms with E-state index in [-0.39, 0.29) is 5.75 Å². The molecule has 0 spiro atoms. The normalized spacial score (nSPS) is 17.0. The van der Waals surface area contributed by atoms with Crippen LogP contribution in [-0.4, -0.2) is 35.9 Å². The van der Waals surface area contributed by atoms with E-state index in [9.17, 15) is 10.2 Å². The van der Waals surface area contributed by atoms with Crippen molar-refractivity contribution < 1.29 is 10.2 Å². The number of aliphatic hydroxyl groups excluding tert-OH is 1. The molecule has 2 aromatic rings. The molecule has 0 radical (unpaired) electrons. The van der Waals surface area contributed by atoms with Crippen LogP contribution < -0.4 is 16.0 Å². The maximum Gasteiger partial charge on any atom is 0.115 e. The van der Waals surface area contributed by atoms with E-state index >= 15 is 0 Å². The summed E-state index contributed by atoms with van der Waals surface area (Å²) in [6.45, 7) is 2.48. The summed E-state index contributed by atoms with van der Waals surface area (Å²) in [7, 11) is 0. The van der Waals surface area contributed by atoms with E-state index in [2.05, 4.69) is 22.3 Å². The van der Waals surface area contributed by atoms with Crippen LogP contribution >= 0.6 is 0 Å². The van der Waals surface area contributed by atoms with Gasteiger partial charge in [-0.25, -0.2) is 0 Å². The number of piperidine rings is 1. The third-order valence-electron chi connectivity index (χ3n) is 4.61. The van der Waals surface area contributed by atoms with Gasteiger partial charge in [0.2, 0.25) is 0 Å². The second kappa shape index (κ2) is 7.55. The van der Waals surface area contributed by atoms with Gasteiger partial charge in [-0.05, 0) is 54.8 Å². The lowest BCUT2D eigenvalue weighted by molar-refractivity contribution is 0.167. The van der Waals surface area contributed by atoms with Crippen molar-refractivity contribution >= 4 is 11.4 Å². The van der Waals surface area contributed by atoms with Crippen LogP contribution in [0.2, 0.25) is 0 Å². The number of benzene rings is 2. The van der Waals surface area contributed by atoms with Gasteiger partial charge in [0.05, 0.1) is 6.10 Å². The van der Waals surface area contributed by atoms with Crippen LogP contribution in [0.5, 0.6) is 5.75 Å². The number of aliphatic hydroxyl groups is 1. The summed E-state index contributed by atoms with van der Waals surface area (Å²) in [6.07, 6.45) is 1.47. The number of nitrogens with one attached hydrogen (secondary N) is 1. The lowest BCUT2D eigenvalue weighted by atomic mass is 10.0. The van der Waals surface area contributed by atoms with Crippen molar-refractivity contribution in [1.82, 2.24) is 5.32 Å². The van der Waals surface area contributed by atoms with Crippen LogP contribution in [0.3, 0.4) is 0 Å². The van der Waals surface area contributed by atoms with E-state index in [0.717, 1.165) is 37.2 Å². The number of anilines is 2. The fourth-order valence-electron chi connectivity index (χ4n) is 3.16. The van der Waals surface area contributed by atoms with Gasteiger partial charge in [0.1, 0.15) is 5.75 Å². The summed E-state index contributed by atoms with van der Waals surface area (Å²) in [5.41, 5.74) is 8.47. The molecule has 1 saturated heterocycles. The summed E-state index contributed by atoms with van der Waals surface area (Å²) in [4.78, 5) is 2.36. The summed E-state index contributed by atoms with van der Waals surface area (Å²) < 4.78 is 0. The van der Waals surface area contributed by atoms with Crippen molar-refractivity contribution in [1.29, 1.82) is 0 Å². The van der Waals surface area contributed by atoms with Gasteiger partial charge in [-0.1, -0.05) is 12.1 Å². The maximum absolute atomic E-state index is 10.2. The molecule has 1 aliphatic rings. The Morgan fingerprint density at radius 3 is 2.50 bits per heavy atom. The molecule has 24 heavy (non-hydrogen) atoms. The predicted octanol–water partition coefficient (Wildman–Crippen LogP) is 2.27. The third-order valence-corrected chi connectivity index (χ3v) is 4.61. The second-order valence-corrected chi connectivity index (χ2v) is 6.37. The summed E-state index contributed by atoms with van der Waals surface area (Å²) >= 11 is 0. The van der Waals surface area contributed by atoms with Gasteiger partial charge in [0.25, 0.3) is 0 Å². The molecule has 0 saturated carbocycles. The molecule has 0 amide bonds. The molecule has 5 nitrogen and oxygen atoms in total. The highest BCUT2D eigenvalue weighted by Crippen LogP contribution is 2.22. The Morgan fingerprint density at radius 2 is 1.83 bits per heavy atom. The minimum Gasteiger partial charge on any atom is -0.508 e. The van der Waals surface area contributed by atoms with Crippen LogP contribution in [0.15, 0.2) is 48.5 Å². The topological polar surface area (TPSA) is 81.8 Å². The highest BCUT2D eigenvalue weighted by Gasteiger charge is 2.20. The van der Waals surface area contributed by atoms with Crippen LogP contribution in [0.4, 0.5) is 11.4 Å². The molecule has 1 unspecified atom stereocenters. The number of aromatic hydroxyl groups is 1. The van der Waals surface area contributed by atoms with Gasteiger partial charge in [-0.15, -0.1) is 0 Å². The Morgan fingerprint density at radius 1 is 1.12 bits per heavy atom. The fraction of sp³-hybridized carbons (Fsp3) is 0.368. The molecule has 1 aliphatic heterocycles. The van der Waals surface area contributed by atoms with E-state index in [1.165, 1.54) is 5.69 Å². The number of hydrogen-bond donors (Lipinski definition) is 4. The fourth-order valence-corrected chi connectivity index (χ4v) is 3.16. The Bertz CT molecular complexity index is 652. The SMILES string of the molecule is Nc1ccc(N2CCC(NCC(O)c3cccc(O)c3)CC2)cc1. The zero-order chi connectivity index (χ0) is 16.9. The standard InChI is InChI=1S/C19H25N3O2/c20-15-4-6-17(7-5-15)22-10-8-16(9-11-22)21-13-19(24)14-2-1-3-18(23)12-14/h1-7,12,16,19,21,23-24H,8-11,13,20H2. The molecule has 5 heteroatoms. The molecule has 1 fully saturated rings. The summed E-state index contributed by atoms with van der Waals surface area (Å²) in [5, 5.41) is 23.2. The van der Waals surface area contributed by atoms with Gasteiger partial charge in [0.15, 0.2) is 0 Å². The number of nitrogens with zero attached hydrogens (tertiary/aromatic N) is 1.